The standard InChI is InChI=1S/C30H30O/c1-21-7-5-9-27(23(21)3)19-25-11-15-29(16-12-25)31-30-17-13-26(14-18-30)20-28-10-6-8-22(2)24(28)4/h5-18H,19-20H2,1-4H3. The summed E-state index contributed by atoms with van der Waals surface area (Å²) in [4.78, 5) is 0. The van der Waals surface area contributed by atoms with E-state index in [1.165, 1.54) is 44.5 Å². The van der Waals surface area contributed by atoms with Crippen molar-refractivity contribution in [3.8, 4) is 11.5 Å². The average molecular weight is 407 g/mol. The van der Waals surface area contributed by atoms with Crippen molar-refractivity contribution in [3.05, 3.63) is 129 Å². The Morgan fingerprint density at radius 2 is 0.871 bits per heavy atom. The Morgan fingerprint density at radius 3 is 1.26 bits per heavy atom. The van der Waals surface area contributed by atoms with Gasteiger partial charge in [0.1, 0.15) is 11.5 Å². The zero-order chi connectivity index (χ0) is 21.8. The molecule has 156 valence electrons. The lowest BCUT2D eigenvalue weighted by molar-refractivity contribution is 0.482. The molecular formula is C30H30O. The minimum Gasteiger partial charge on any atom is -0.457 e. The molecule has 0 fully saturated rings. The molecule has 0 saturated carbocycles. The van der Waals surface area contributed by atoms with Crippen LogP contribution in [0.3, 0.4) is 0 Å². The van der Waals surface area contributed by atoms with Crippen LogP contribution in [0, 0.1) is 27.7 Å². The molecule has 0 bridgehead atoms. The molecule has 1 heteroatoms. The normalized spacial score (nSPS) is 10.8. The molecule has 0 unspecified atom stereocenters. The maximum absolute atomic E-state index is 6.07. The maximum Gasteiger partial charge on any atom is 0.127 e. The summed E-state index contributed by atoms with van der Waals surface area (Å²) in [5, 5.41) is 0. The first-order chi connectivity index (χ1) is 15.0. The number of ether oxygens (including phenoxy) is 1. The van der Waals surface area contributed by atoms with E-state index < -0.39 is 0 Å². The third-order valence-electron chi connectivity index (χ3n) is 6.31. The molecule has 0 N–H and O–H groups in total. The van der Waals surface area contributed by atoms with E-state index in [1.807, 2.05) is 0 Å². The lowest BCUT2D eigenvalue weighted by atomic mass is 9.97. The Kier molecular flexibility index (Phi) is 6.23. The first kappa shape index (κ1) is 20.9. The molecule has 0 aliphatic rings. The monoisotopic (exact) mass is 406 g/mol. The summed E-state index contributed by atoms with van der Waals surface area (Å²) in [5.41, 5.74) is 10.8. The first-order valence-electron chi connectivity index (χ1n) is 11.0. The highest BCUT2D eigenvalue weighted by Crippen LogP contribution is 2.25. The van der Waals surface area contributed by atoms with Crippen molar-refractivity contribution in [2.75, 3.05) is 0 Å². The van der Waals surface area contributed by atoms with E-state index in [0.29, 0.717) is 0 Å². The molecule has 0 amide bonds. The number of hydrogen-bond acceptors (Lipinski definition) is 1. The fourth-order valence-corrected chi connectivity index (χ4v) is 3.93. The second-order valence-electron chi connectivity index (χ2n) is 8.46. The predicted octanol–water partition coefficient (Wildman–Crippen LogP) is 7.89. The summed E-state index contributed by atoms with van der Waals surface area (Å²) in [6.45, 7) is 8.74. The fraction of sp³-hybridized carbons (Fsp3) is 0.200. The largest absolute Gasteiger partial charge is 0.457 e. The van der Waals surface area contributed by atoms with Gasteiger partial charge in [-0.05, 0) is 109 Å². The molecule has 0 aliphatic carbocycles. The summed E-state index contributed by atoms with van der Waals surface area (Å²) < 4.78 is 6.07. The van der Waals surface area contributed by atoms with Gasteiger partial charge in [0.25, 0.3) is 0 Å². The van der Waals surface area contributed by atoms with Gasteiger partial charge in [0.05, 0.1) is 0 Å². The predicted molar refractivity (Wildman–Crippen MR) is 130 cm³/mol. The van der Waals surface area contributed by atoms with Crippen LogP contribution in [0.1, 0.15) is 44.5 Å². The van der Waals surface area contributed by atoms with Crippen molar-refractivity contribution in [2.24, 2.45) is 0 Å². The summed E-state index contributed by atoms with van der Waals surface area (Å²) >= 11 is 0. The van der Waals surface area contributed by atoms with Crippen LogP contribution in [0.25, 0.3) is 0 Å². The second kappa shape index (κ2) is 9.22. The van der Waals surface area contributed by atoms with Crippen molar-refractivity contribution in [1.82, 2.24) is 0 Å². The van der Waals surface area contributed by atoms with E-state index in [0.717, 1.165) is 24.3 Å². The van der Waals surface area contributed by atoms with Gasteiger partial charge >= 0.3 is 0 Å². The van der Waals surface area contributed by atoms with Crippen LogP contribution in [0.4, 0.5) is 0 Å². The topological polar surface area (TPSA) is 9.23 Å². The zero-order valence-corrected chi connectivity index (χ0v) is 18.9. The van der Waals surface area contributed by atoms with E-state index in [4.69, 9.17) is 4.74 Å². The van der Waals surface area contributed by atoms with E-state index >= 15 is 0 Å². The van der Waals surface area contributed by atoms with Crippen LogP contribution in [0.5, 0.6) is 11.5 Å². The van der Waals surface area contributed by atoms with Crippen LogP contribution in [0.15, 0.2) is 84.9 Å². The number of benzene rings is 4. The van der Waals surface area contributed by atoms with Gasteiger partial charge in [-0.1, -0.05) is 60.7 Å². The smallest absolute Gasteiger partial charge is 0.127 e. The van der Waals surface area contributed by atoms with Crippen molar-refractivity contribution >= 4 is 0 Å². The first-order valence-corrected chi connectivity index (χ1v) is 11.0. The average Bonchev–Trinajstić information content (AvgIpc) is 2.77. The summed E-state index contributed by atoms with van der Waals surface area (Å²) in [5.74, 6) is 1.74. The molecule has 0 atom stereocenters. The minimum atomic E-state index is 0.868. The number of rotatable bonds is 6. The Balaban J connectivity index is 1.40. The van der Waals surface area contributed by atoms with Crippen LogP contribution in [0.2, 0.25) is 0 Å². The van der Waals surface area contributed by atoms with E-state index in [2.05, 4.69) is 113 Å². The van der Waals surface area contributed by atoms with Crippen LogP contribution >= 0.6 is 0 Å². The van der Waals surface area contributed by atoms with Crippen molar-refractivity contribution in [2.45, 2.75) is 40.5 Å². The highest BCUT2D eigenvalue weighted by Gasteiger charge is 2.05. The van der Waals surface area contributed by atoms with Gasteiger partial charge in [-0.2, -0.15) is 0 Å². The Bertz CT molecular complexity index is 1070. The molecule has 0 heterocycles. The third kappa shape index (κ3) is 5.06. The molecule has 1 nitrogen and oxygen atoms in total. The Hall–Kier alpha value is -3.32. The molecular weight excluding hydrogens is 376 g/mol. The van der Waals surface area contributed by atoms with Gasteiger partial charge in [0.15, 0.2) is 0 Å². The van der Waals surface area contributed by atoms with E-state index in [9.17, 15) is 0 Å². The van der Waals surface area contributed by atoms with Gasteiger partial charge in [0, 0.05) is 0 Å². The minimum absolute atomic E-state index is 0.868. The Labute approximate surface area is 186 Å². The van der Waals surface area contributed by atoms with Gasteiger partial charge in [-0.3, -0.25) is 0 Å². The summed E-state index contributed by atoms with van der Waals surface area (Å²) in [6, 6.07) is 29.9. The van der Waals surface area contributed by atoms with Crippen molar-refractivity contribution in [3.63, 3.8) is 0 Å². The van der Waals surface area contributed by atoms with Crippen LogP contribution in [-0.2, 0) is 12.8 Å². The highest BCUT2D eigenvalue weighted by atomic mass is 16.5. The molecule has 0 aliphatic heterocycles. The van der Waals surface area contributed by atoms with Crippen molar-refractivity contribution in [1.29, 1.82) is 0 Å². The molecule has 0 saturated heterocycles. The van der Waals surface area contributed by atoms with Crippen LogP contribution in [-0.4, -0.2) is 0 Å². The van der Waals surface area contributed by atoms with Gasteiger partial charge in [-0.15, -0.1) is 0 Å². The molecule has 31 heavy (non-hydrogen) atoms. The zero-order valence-electron chi connectivity index (χ0n) is 18.9. The maximum atomic E-state index is 6.07. The highest BCUT2D eigenvalue weighted by molar-refractivity contribution is 5.41. The molecule has 0 spiro atoms. The summed E-state index contributed by atoms with van der Waals surface area (Å²) in [7, 11) is 0. The molecule has 4 aromatic rings. The SMILES string of the molecule is Cc1cccc(Cc2ccc(Oc3ccc(Cc4cccc(C)c4C)cc3)cc2)c1C. The number of aryl methyl sites for hydroxylation is 2. The van der Waals surface area contributed by atoms with Crippen molar-refractivity contribution < 1.29 is 4.74 Å². The Morgan fingerprint density at radius 1 is 0.484 bits per heavy atom. The molecule has 0 aromatic heterocycles. The quantitative estimate of drug-likeness (QED) is 0.316. The summed E-state index contributed by atoms with van der Waals surface area (Å²) in [6.07, 6.45) is 1.89. The van der Waals surface area contributed by atoms with Gasteiger partial charge < -0.3 is 4.74 Å². The number of hydrogen-bond donors (Lipinski definition) is 0. The molecule has 4 rings (SSSR count). The fourth-order valence-electron chi connectivity index (χ4n) is 3.93. The molecule has 0 radical (unpaired) electrons. The molecule has 4 aromatic carbocycles. The van der Waals surface area contributed by atoms with E-state index in [-0.39, 0.29) is 0 Å². The second-order valence-corrected chi connectivity index (χ2v) is 8.46. The van der Waals surface area contributed by atoms with Gasteiger partial charge in [0.2, 0.25) is 0 Å². The van der Waals surface area contributed by atoms with E-state index in [1.54, 1.807) is 0 Å². The lowest BCUT2D eigenvalue weighted by Crippen LogP contribution is -1.95. The third-order valence-corrected chi connectivity index (χ3v) is 6.31. The van der Waals surface area contributed by atoms with Crippen LogP contribution < -0.4 is 4.74 Å². The lowest BCUT2D eigenvalue weighted by Gasteiger charge is -2.11. The van der Waals surface area contributed by atoms with Gasteiger partial charge in [-0.25, -0.2) is 0 Å².